The first-order valence-corrected chi connectivity index (χ1v) is 14.1. The monoisotopic (exact) mass is 530 g/mol. The quantitative estimate of drug-likeness (QED) is 0.490. The Morgan fingerprint density at radius 1 is 1.16 bits per heavy atom. The predicted molar refractivity (Wildman–Crippen MR) is 154 cm³/mol. The lowest BCUT2D eigenvalue weighted by Crippen LogP contribution is -2.36. The number of benzene rings is 1. The van der Waals surface area contributed by atoms with Crippen molar-refractivity contribution in [1.29, 1.82) is 5.41 Å². The second-order valence-corrected chi connectivity index (χ2v) is 11.2. The first kappa shape index (κ1) is 26.2. The zero-order valence-electron chi connectivity index (χ0n) is 22.5. The molecule has 0 spiro atoms. The van der Waals surface area contributed by atoms with Gasteiger partial charge in [-0.15, -0.1) is 0 Å². The number of nitrogens with one attached hydrogen (secondary N) is 1. The Labute approximate surface area is 228 Å². The summed E-state index contributed by atoms with van der Waals surface area (Å²) in [5.41, 5.74) is 5.44. The minimum Gasteiger partial charge on any atom is -0.342 e. The normalized spacial score (nSPS) is 19.5. The van der Waals surface area contributed by atoms with Gasteiger partial charge in [0, 0.05) is 30.2 Å². The molecule has 0 radical (unpaired) electrons. The number of rotatable bonds is 6. The minimum absolute atomic E-state index is 0.0179. The van der Waals surface area contributed by atoms with Gasteiger partial charge < -0.3 is 9.47 Å². The molecule has 38 heavy (non-hydrogen) atoms. The molecule has 2 amide bonds. The molecular formula is C29H34N6O2S. The van der Waals surface area contributed by atoms with Crippen LogP contribution in [0, 0.1) is 19.3 Å². The molecule has 2 aromatic rings. The maximum absolute atomic E-state index is 13.0. The Bertz CT molecular complexity index is 1380. The average Bonchev–Trinajstić information content (AvgIpc) is 3.45. The van der Waals surface area contributed by atoms with Crippen LogP contribution in [0.25, 0.3) is 11.8 Å². The standard InChI is InChI=1S/C29H34N6O2S/c1-5-18(2)21-9-11-23(12-10-21)34-19(3)15-22(20(34)4)16-24-27(30)35-29(31-28(24)37)38-25(32-35)17-26(36)33-13-7-6-8-14-33/h9-12,15-16,18,30H,5-8,13-14,17H2,1-4H3/b24-16-,30-27?/t18-/m1/s1. The van der Waals surface area contributed by atoms with Crippen LogP contribution in [0.3, 0.4) is 0 Å². The van der Waals surface area contributed by atoms with Crippen molar-refractivity contribution in [2.75, 3.05) is 13.1 Å². The Morgan fingerprint density at radius 2 is 1.87 bits per heavy atom. The molecule has 1 saturated heterocycles. The number of piperidine rings is 1. The SMILES string of the molecule is CC[C@@H](C)c1ccc(-n2c(C)cc(/C=C3/C(=N)N4N=C(CC(=O)N5CCCCC5)SC4=NC3=O)c2C)cc1. The molecule has 0 bridgehead atoms. The number of carbonyl (C=O) groups is 2. The fourth-order valence-electron chi connectivity index (χ4n) is 5.16. The zero-order valence-corrected chi connectivity index (χ0v) is 23.3. The molecule has 0 aliphatic carbocycles. The van der Waals surface area contributed by atoms with Gasteiger partial charge in [-0.3, -0.25) is 15.0 Å². The van der Waals surface area contributed by atoms with Crippen molar-refractivity contribution in [1.82, 2.24) is 14.5 Å². The van der Waals surface area contributed by atoms with E-state index in [1.165, 1.54) is 22.3 Å². The fourth-order valence-corrected chi connectivity index (χ4v) is 6.04. The van der Waals surface area contributed by atoms with E-state index in [1.54, 1.807) is 6.08 Å². The van der Waals surface area contributed by atoms with Crippen LogP contribution in [0.4, 0.5) is 0 Å². The molecule has 1 atom stereocenters. The van der Waals surface area contributed by atoms with Crippen LogP contribution >= 0.6 is 11.8 Å². The van der Waals surface area contributed by atoms with Gasteiger partial charge in [-0.2, -0.15) is 15.1 Å². The molecule has 8 nitrogen and oxygen atoms in total. The van der Waals surface area contributed by atoms with Crippen LogP contribution in [-0.2, 0) is 9.59 Å². The van der Waals surface area contributed by atoms with E-state index in [2.05, 4.69) is 52.8 Å². The lowest BCUT2D eigenvalue weighted by molar-refractivity contribution is -0.130. The summed E-state index contributed by atoms with van der Waals surface area (Å²) in [7, 11) is 0. The van der Waals surface area contributed by atoms with Crippen LogP contribution in [0.15, 0.2) is 46.0 Å². The number of amides is 2. The molecule has 1 aromatic carbocycles. The van der Waals surface area contributed by atoms with Gasteiger partial charge in [-0.25, -0.2) is 0 Å². The summed E-state index contributed by atoms with van der Waals surface area (Å²) in [6, 6.07) is 10.6. The first-order valence-electron chi connectivity index (χ1n) is 13.3. The van der Waals surface area contributed by atoms with Gasteiger partial charge >= 0.3 is 0 Å². The Balaban J connectivity index is 1.37. The third-order valence-electron chi connectivity index (χ3n) is 7.61. The Hall–Kier alpha value is -3.46. The second-order valence-electron chi connectivity index (χ2n) is 10.2. The van der Waals surface area contributed by atoms with Crippen molar-refractivity contribution in [2.45, 2.75) is 65.7 Å². The Morgan fingerprint density at radius 3 is 2.55 bits per heavy atom. The van der Waals surface area contributed by atoms with Crippen LogP contribution in [-0.4, -0.2) is 55.4 Å². The number of hydrogen-bond acceptors (Lipinski definition) is 5. The fraction of sp³-hybridized carbons (Fsp3) is 0.414. The number of aliphatic imine (C=N–C) groups is 1. The molecule has 9 heteroatoms. The van der Waals surface area contributed by atoms with Gasteiger partial charge in [-0.1, -0.05) is 26.0 Å². The van der Waals surface area contributed by atoms with E-state index in [4.69, 9.17) is 5.41 Å². The number of thioether (sulfide) groups is 1. The van der Waals surface area contributed by atoms with Crippen molar-refractivity contribution >= 4 is 45.7 Å². The number of aromatic nitrogens is 1. The minimum atomic E-state index is -0.463. The zero-order chi connectivity index (χ0) is 27.0. The van der Waals surface area contributed by atoms with E-state index >= 15 is 0 Å². The van der Waals surface area contributed by atoms with Gasteiger partial charge in [0.2, 0.25) is 11.1 Å². The van der Waals surface area contributed by atoms with Crippen molar-refractivity contribution in [2.24, 2.45) is 10.1 Å². The highest BCUT2D eigenvalue weighted by Crippen LogP contribution is 2.31. The van der Waals surface area contributed by atoms with Gasteiger partial charge in [0.15, 0.2) is 5.84 Å². The number of aryl methyl sites for hydroxylation is 1. The number of likely N-dealkylation sites (tertiary alicyclic amines) is 1. The number of hydrazone groups is 1. The topological polar surface area (TPSA) is 94.1 Å². The molecule has 1 aromatic heterocycles. The number of carbonyl (C=O) groups excluding carboxylic acids is 2. The smallest absolute Gasteiger partial charge is 0.283 e. The van der Waals surface area contributed by atoms with E-state index < -0.39 is 5.91 Å². The maximum Gasteiger partial charge on any atom is 0.283 e. The second kappa shape index (κ2) is 10.7. The molecule has 0 saturated carbocycles. The third-order valence-corrected chi connectivity index (χ3v) is 8.52. The summed E-state index contributed by atoms with van der Waals surface area (Å²) in [5, 5.41) is 15.5. The van der Waals surface area contributed by atoms with Crippen LogP contribution in [0.1, 0.15) is 74.4 Å². The lowest BCUT2D eigenvalue weighted by Gasteiger charge is -2.26. The molecule has 4 heterocycles. The Kier molecular flexibility index (Phi) is 7.38. The summed E-state index contributed by atoms with van der Waals surface area (Å²) < 4.78 is 2.16. The molecule has 3 aliphatic rings. The third kappa shape index (κ3) is 4.99. The van der Waals surface area contributed by atoms with E-state index in [9.17, 15) is 9.59 Å². The molecule has 198 valence electrons. The number of hydrogen-bond donors (Lipinski definition) is 1. The van der Waals surface area contributed by atoms with Crippen LogP contribution < -0.4 is 0 Å². The molecular weight excluding hydrogens is 496 g/mol. The molecule has 1 N–H and O–H groups in total. The van der Waals surface area contributed by atoms with E-state index in [-0.39, 0.29) is 23.7 Å². The number of fused-ring (bicyclic) bond motifs is 1. The van der Waals surface area contributed by atoms with Gasteiger partial charge in [0.1, 0.15) is 5.04 Å². The van der Waals surface area contributed by atoms with E-state index in [0.29, 0.717) is 16.1 Å². The summed E-state index contributed by atoms with van der Waals surface area (Å²) in [6.07, 6.45) is 6.21. The number of nitrogens with zero attached hydrogens (tertiary/aromatic N) is 5. The molecule has 1 fully saturated rings. The van der Waals surface area contributed by atoms with Gasteiger partial charge in [0.25, 0.3) is 5.91 Å². The number of amidine groups is 2. The van der Waals surface area contributed by atoms with Crippen molar-refractivity contribution in [3.05, 3.63) is 58.4 Å². The summed E-state index contributed by atoms with van der Waals surface area (Å²) in [5.74, 6) is 0.0697. The van der Waals surface area contributed by atoms with Gasteiger partial charge in [0.05, 0.1) is 12.0 Å². The van der Waals surface area contributed by atoms with Crippen LogP contribution in [0.2, 0.25) is 0 Å². The van der Waals surface area contributed by atoms with Crippen molar-refractivity contribution < 1.29 is 9.59 Å². The summed E-state index contributed by atoms with van der Waals surface area (Å²) in [6.45, 7) is 10.0. The van der Waals surface area contributed by atoms with E-state index in [1.807, 2.05) is 24.8 Å². The predicted octanol–water partition coefficient (Wildman–Crippen LogP) is 5.63. The highest BCUT2D eigenvalue weighted by molar-refractivity contribution is 8.27. The largest absolute Gasteiger partial charge is 0.342 e. The lowest BCUT2D eigenvalue weighted by atomic mass is 9.98. The van der Waals surface area contributed by atoms with E-state index in [0.717, 1.165) is 61.4 Å². The summed E-state index contributed by atoms with van der Waals surface area (Å²) >= 11 is 1.20. The maximum atomic E-state index is 13.0. The molecule has 0 unspecified atom stereocenters. The van der Waals surface area contributed by atoms with Crippen molar-refractivity contribution in [3.8, 4) is 5.69 Å². The van der Waals surface area contributed by atoms with Gasteiger partial charge in [-0.05, 0) is 92.6 Å². The molecule has 3 aliphatic heterocycles. The average molecular weight is 531 g/mol. The highest BCUT2D eigenvalue weighted by Gasteiger charge is 2.36. The first-order chi connectivity index (χ1) is 18.3. The molecule has 5 rings (SSSR count). The van der Waals surface area contributed by atoms with Crippen LogP contribution in [0.5, 0.6) is 0 Å². The highest BCUT2D eigenvalue weighted by atomic mass is 32.2. The van der Waals surface area contributed by atoms with Crippen molar-refractivity contribution in [3.63, 3.8) is 0 Å². The summed E-state index contributed by atoms with van der Waals surface area (Å²) in [4.78, 5) is 31.7.